The van der Waals surface area contributed by atoms with E-state index in [2.05, 4.69) is 6.07 Å². The van der Waals surface area contributed by atoms with Crippen LogP contribution in [0, 0.1) is 0 Å². The first-order valence-corrected chi connectivity index (χ1v) is 9.53. The number of carbonyl (C=O) groups excluding carboxylic acids is 2. The Morgan fingerprint density at radius 3 is 2.57 bits per heavy atom. The molecule has 0 unspecified atom stereocenters. The van der Waals surface area contributed by atoms with Gasteiger partial charge in [0, 0.05) is 31.3 Å². The summed E-state index contributed by atoms with van der Waals surface area (Å²) in [6.45, 7) is 1.04. The fourth-order valence-corrected chi connectivity index (χ4v) is 3.97. The van der Waals surface area contributed by atoms with Gasteiger partial charge in [0.25, 0.3) is 5.91 Å². The Labute approximate surface area is 164 Å². The van der Waals surface area contributed by atoms with Crippen molar-refractivity contribution in [2.75, 3.05) is 32.2 Å². The molecule has 0 spiro atoms. The average Bonchev–Trinajstić information content (AvgIpc) is 2.85. The molecule has 2 aromatic carbocycles. The summed E-state index contributed by atoms with van der Waals surface area (Å²) >= 11 is 0. The summed E-state index contributed by atoms with van der Waals surface area (Å²) in [7, 11) is 3.11. The molecule has 2 heterocycles. The van der Waals surface area contributed by atoms with Crippen molar-refractivity contribution in [3.05, 3.63) is 53.6 Å². The second-order valence-corrected chi connectivity index (χ2v) is 7.18. The monoisotopic (exact) mass is 380 g/mol. The largest absolute Gasteiger partial charge is 0.497 e. The van der Waals surface area contributed by atoms with Gasteiger partial charge in [-0.25, -0.2) is 0 Å². The molecule has 0 aromatic heterocycles. The van der Waals surface area contributed by atoms with E-state index in [-0.39, 0.29) is 17.9 Å². The zero-order chi connectivity index (χ0) is 19.7. The second-order valence-electron chi connectivity index (χ2n) is 7.18. The molecule has 0 N–H and O–H groups in total. The Balaban J connectivity index is 1.51. The number of benzene rings is 2. The number of hydrogen-bond acceptors (Lipinski definition) is 4. The molecule has 4 rings (SSSR count). The fraction of sp³-hybridized carbons (Fsp3) is 0.364. The lowest BCUT2D eigenvalue weighted by molar-refractivity contribution is -0.119. The van der Waals surface area contributed by atoms with Crippen LogP contribution in [0.2, 0.25) is 0 Å². The molecule has 0 saturated carbocycles. The van der Waals surface area contributed by atoms with Crippen molar-refractivity contribution in [2.45, 2.75) is 25.3 Å². The third-order valence-corrected chi connectivity index (χ3v) is 5.51. The Hall–Kier alpha value is -3.02. The first-order valence-electron chi connectivity index (χ1n) is 9.53. The van der Waals surface area contributed by atoms with Crippen molar-refractivity contribution in [3.8, 4) is 11.5 Å². The quantitative estimate of drug-likeness (QED) is 0.818. The van der Waals surface area contributed by atoms with Crippen LogP contribution in [0.25, 0.3) is 0 Å². The number of ether oxygens (including phenoxy) is 2. The van der Waals surface area contributed by atoms with Gasteiger partial charge in [-0.2, -0.15) is 0 Å². The summed E-state index contributed by atoms with van der Waals surface area (Å²) in [6.07, 6.45) is 2.33. The maximum atomic E-state index is 12.9. The van der Waals surface area contributed by atoms with E-state index in [4.69, 9.17) is 9.47 Å². The van der Waals surface area contributed by atoms with Gasteiger partial charge in [0.1, 0.15) is 11.5 Å². The van der Waals surface area contributed by atoms with Gasteiger partial charge in [0.2, 0.25) is 5.91 Å². The molecule has 0 bridgehead atoms. The number of fused-ring (bicyclic) bond motifs is 1. The molecule has 146 valence electrons. The second kappa shape index (κ2) is 7.54. The Morgan fingerprint density at radius 2 is 1.82 bits per heavy atom. The third-order valence-electron chi connectivity index (χ3n) is 5.51. The topological polar surface area (TPSA) is 59.1 Å². The van der Waals surface area contributed by atoms with Crippen molar-refractivity contribution in [3.63, 3.8) is 0 Å². The lowest BCUT2D eigenvalue weighted by Gasteiger charge is -2.45. The molecule has 0 radical (unpaired) electrons. The fourth-order valence-electron chi connectivity index (χ4n) is 3.97. The number of anilines is 1. The molecule has 2 amide bonds. The number of rotatable bonds is 4. The first-order chi connectivity index (χ1) is 13.6. The van der Waals surface area contributed by atoms with Crippen LogP contribution >= 0.6 is 0 Å². The Morgan fingerprint density at radius 1 is 1.04 bits per heavy atom. The number of aryl methyl sites for hydroxylation is 1. The van der Waals surface area contributed by atoms with Gasteiger partial charge in [-0.1, -0.05) is 18.2 Å². The minimum absolute atomic E-state index is 0.0138. The first kappa shape index (κ1) is 18.3. The molecular formula is C22H24N2O4. The lowest BCUT2D eigenvalue weighted by atomic mass is 10.0. The number of nitrogens with zero attached hydrogens (tertiary/aromatic N) is 2. The van der Waals surface area contributed by atoms with E-state index in [1.165, 1.54) is 12.7 Å². The highest BCUT2D eigenvalue weighted by atomic mass is 16.5. The number of carbonyl (C=O) groups is 2. The number of likely N-dealkylation sites (tertiary alicyclic amines) is 1. The van der Waals surface area contributed by atoms with E-state index >= 15 is 0 Å². The van der Waals surface area contributed by atoms with Crippen molar-refractivity contribution in [1.29, 1.82) is 0 Å². The minimum atomic E-state index is -0.0914. The summed E-state index contributed by atoms with van der Waals surface area (Å²) in [5.41, 5.74) is 2.70. The number of para-hydroxylation sites is 1. The number of hydrogen-bond donors (Lipinski definition) is 0. The third kappa shape index (κ3) is 3.19. The van der Waals surface area contributed by atoms with Gasteiger partial charge < -0.3 is 19.3 Å². The maximum absolute atomic E-state index is 12.9. The predicted octanol–water partition coefficient (Wildman–Crippen LogP) is 2.90. The average molecular weight is 380 g/mol. The molecule has 6 heteroatoms. The van der Waals surface area contributed by atoms with Crippen molar-refractivity contribution in [2.24, 2.45) is 0 Å². The number of amides is 2. The van der Waals surface area contributed by atoms with Gasteiger partial charge in [-0.05, 0) is 36.6 Å². The van der Waals surface area contributed by atoms with Gasteiger partial charge in [0.05, 0.1) is 25.8 Å². The Kier molecular flexibility index (Phi) is 4.94. The standard InChI is InChI=1S/C22H24N2O4/c1-27-17-10-11-18(20(12-17)28-2)22(26)23-13-16(14-23)24-19-8-4-3-6-15(19)7-5-9-21(24)25/h3-4,6,8,10-12,16H,5,7,9,13-14H2,1-2H3. The smallest absolute Gasteiger partial charge is 0.257 e. The summed E-state index contributed by atoms with van der Waals surface area (Å²) in [5.74, 6) is 1.18. The molecule has 2 aromatic rings. The molecular weight excluding hydrogens is 356 g/mol. The van der Waals surface area contributed by atoms with Crippen LogP contribution in [0.3, 0.4) is 0 Å². The number of methoxy groups -OCH3 is 2. The van der Waals surface area contributed by atoms with Gasteiger partial charge >= 0.3 is 0 Å². The summed E-state index contributed by atoms with van der Waals surface area (Å²) in [5, 5.41) is 0. The van der Waals surface area contributed by atoms with E-state index < -0.39 is 0 Å². The van der Waals surface area contributed by atoms with Crippen LogP contribution in [0.5, 0.6) is 11.5 Å². The van der Waals surface area contributed by atoms with Crippen molar-refractivity contribution >= 4 is 17.5 Å². The molecule has 0 atom stereocenters. The summed E-state index contributed by atoms with van der Waals surface area (Å²) in [4.78, 5) is 29.3. The van der Waals surface area contributed by atoms with Crippen LogP contribution in [-0.2, 0) is 11.2 Å². The van der Waals surface area contributed by atoms with Gasteiger partial charge in [-0.15, -0.1) is 0 Å². The summed E-state index contributed by atoms with van der Waals surface area (Å²) in [6, 6.07) is 13.3. The SMILES string of the molecule is COc1ccc(C(=O)N2CC(N3C(=O)CCCc4ccccc43)C2)c(OC)c1. The molecule has 6 nitrogen and oxygen atoms in total. The van der Waals surface area contributed by atoms with Crippen molar-refractivity contribution < 1.29 is 19.1 Å². The highest BCUT2D eigenvalue weighted by Gasteiger charge is 2.39. The normalized spacial score (nSPS) is 16.9. The van der Waals surface area contributed by atoms with Crippen LogP contribution in [0.15, 0.2) is 42.5 Å². The van der Waals surface area contributed by atoms with E-state index in [0.29, 0.717) is 36.6 Å². The van der Waals surface area contributed by atoms with Gasteiger partial charge in [0.15, 0.2) is 0 Å². The molecule has 1 fully saturated rings. The zero-order valence-corrected chi connectivity index (χ0v) is 16.2. The van der Waals surface area contributed by atoms with E-state index in [0.717, 1.165) is 18.5 Å². The van der Waals surface area contributed by atoms with Crippen LogP contribution in [0.4, 0.5) is 5.69 Å². The lowest BCUT2D eigenvalue weighted by Crippen LogP contribution is -2.62. The van der Waals surface area contributed by atoms with E-state index in [9.17, 15) is 9.59 Å². The highest BCUT2D eigenvalue weighted by Crippen LogP contribution is 2.33. The summed E-state index contributed by atoms with van der Waals surface area (Å²) < 4.78 is 10.6. The van der Waals surface area contributed by atoms with Crippen molar-refractivity contribution in [1.82, 2.24) is 4.90 Å². The van der Waals surface area contributed by atoms with Crippen LogP contribution < -0.4 is 14.4 Å². The minimum Gasteiger partial charge on any atom is -0.497 e. The maximum Gasteiger partial charge on any atom is 0.257 e. The zero-order valence-electron chi connectivity index (χ0n) is 16.2. The molecule has 1 saturated heterocycles. The van der Waals surface area contributed by atoms with E-state index in [1.807, 2.05) is 23.1 Å². The van der Waals surface area contributed by atoms with Crippen LogP contribution in [-0.4, -0.2) is 50.1 Å². The highest BCUT2D eigenvalue weighted by molar-refractivity contribution is 5.99. The van der Waals surface area contributed by atoms with Crippen LogP contribution in [0.1, 0.15) is 28.8 Å². The van der Waals surface area contributed by atoms with E-state index in [1.54, 1.807) is 30.2 Å². The predicted molar refractivity (Wildman–Crippen MR) is 106 cm³/mol. The molecule has 2 aliphatic rings. The molecule has 0 aliphatic carbocycles. The molecule has 2 aliphatic heterocycles. The Bertz CT molecular complexity index is 905. The molecule has 28 heavy (non-hydrogen) atoms. The van der Waals surface area contributed by atoms with Gasteiger partial charge in [-0.3, -0.25) is 9.59 Å².